The van der Waals surface area contributed by atoms with Gasteiger partial charge in [0.1, 0.15) is 5.75 Å². The number of hydrogen-bond acceptors (Lipinski definition) is 3. The number of amides is 1. The van der Waals surface area contributed by atoms with E-state index in [1.807, 2.05) is 11.4 Å². The lowest BCUT2D eigenvalue weighted by Crippen LogP contribution is -2.36. The van der Waals surface area contributed by atoms with Gasteiger partial charge in [-0.15, -0.1) is 11.3 Å². The Morgan fingerprint density at radius 1 is 1.40 bits per heavy atom. The molecule has 3 nitrogen and oxygen atoms in total. The highest BCUT2D eigenvalue weighted by Gasteiger charge is 2.22. The fraction of sp³-hybridized carbons (Fsp3) is 0.267. The minimum Gasteiger partial charge on any atom is -0.507 e. The maximum absolute atomic E-state index is 12.1. The van der Waals surface area contributed by atoms with Crippen molar-refractivity contribution in [2.75, 3.05) is 6.54 Å². The molecule has 0 aliphatic carbocycles. The van der Waals surface area contributed by atoms with Crippen LogP contribution in [-0.2, 0) is 5.41 Å². The first-order valence-corrected chi connectivity index (χ1v) is 7.88. The van der Waals surface area contributed by atoms with Gasteiger partial charge < -0.3 is 10.4 Å². The predicted molar refractivity (Wildman–Crippen MR) is 85.5 cm³/mol. The molecule has 0 saturated heterocycles. The number of carbonyl (C=O) groups is 1. The minimum atomic E-state index is -0.183. The summed E-state index contributed by atoms with van der Waals surface area (Å²) in [7, 11) is 0. The molecular formula is C15H16BrNO2S. The fourth-order valence-corrected chi connectivity index (χ4v) is 2.91. The molecular weight excluding hydrogens is 338 g/mol. The quantitative estimate of drug-likeness (QED) is 0.874. The minimum absolute atomic E-state index is 0.0650. The monoisotopic (exact) mass is 353 g/mol. The summed E-state index contributed by atoms with van der Waals surface area (Å²) < 4.78 is 0.577. The average Bonchev–Trinajstić information content (AvgIpc) is 2.94. The molecule has 1 aromatic carbocycles. The molecule has 0 spiro atoms. The van der Waals surface area contributed by atoms with Gasteiger partial charge in [0.05, 0.1) is 4.47 Å². The standard InChI is InChI=1S/C15H16BrNO2S/c1-15(2,13-4-3-7-20-13)9-17-14(19)10-5-6-11(16)12(18)8-10/h3-8,18H,9H2,1-2H3,(H,17,19). The summed E-state index contributed by atoms with van der Waals surface area (Å²) in [5.41, 5.74) is 0.342. The Kier molecular flexibility index (Phi) is 4.50. The second-order valence-electron chi connectivity index (χ2n) is 5.21. The second kappa shape index (κ2) is 5.97. The van der Waals surface area contributed by atoms with Crippen LogP contribution in [0.4, 0.5) is 0 Å². The van der Waals surface area contributed by atoms with Crippen LogP contribution in [0, 0.1) is 0 Å². The molecule has 0 aliphatic rings. The number of phenols is 1. The number of carbonyl (C=O) groups excluding carboxylic acids is 1. The molecule has 0 aliphatic heterocycles. The van der Waals surface area contributed by atoms with E-state index in [2.05, 4.69) is 41.2 Å². The molecule has 2 rings (SSSR count). The van der Waals surface area contributed by atoms with Crippen LogP contribution < -0.4 is 5.32 Å². The number of phenolic OH excluding ortho intramolecular Hbond substituents is 1. The largest absolute Gasteiger partial charge is 0.507 e. The second-order valence-corrected chi connectivity index (χ2v) is 7.01. The molecule has 0 fully saturated rings. The predicted octanol–water partition coefficient (Wildman–Crippen LogP) is 3.92. The average molecular weight is 354 g/mol. The third kappa shape index (κ3) is 3.41. The first-order chi connectivity index (χ1) is 9.40. The maximum Gasteiger partial charge on any atom is 0.251 e. The smallest absolute Gasteiger partial charge is 0.251 e. The summed E-state index contributed by atoms with van der Waals surface area (Å²) in [5, 5.41) is 14.6. The van der Waals surface area contributed by atoms with Crippen molar-refractivity contribution < 1.29 is 9.90 Å². The molecule has 2 aromatic rings. The molecule has 2 N–H and O–H groups in total. The van der Waals surface area contributed by atoms with Gasteiger partial charge in [-0.25, -0.2) is 0 Å². The molecule has 1 heterocycles. The Morgan fingerprint density at radius 3 is 2.75 bits per heavy atom. The van der Waals surface area contributed by atoms with Crippen molar-refractivity contribution in [1.82, 2.24) is 5.32 Å². The van der Waals surface area contributed by atoms with E-state index in [4.69, 9.17) is 0 Å². The molecule has 0 radical (unpaired) electrons. The molecule has 0 unspecified atom stereocenters. The molecule has 0 saturated carbocycles. The van der Waals surface area contributed by atoms with Gasteiger partial charge in [0.2, 0.25) is 0 Å². The van der Waals surface area contributed by atoms with Crippen molar-refractivity contribution in [1.29, 1.82) is 0 Å². The highest BCUT2D eigenvalue weighted by molar-refractivity contribution is 9.10. The number of rotatable bonds is 4. The number of benzene rings is 1. The summed E-state index contributed by atoms with van der Waals surface area (Å²) >= 11 is 4.88. The van der Waals surface area contributed by atoms with Crippen molar-refractivity contribution in [2.24, 2.45) is 0 Å². The molecule has 0 atom stereocenters. The van der Waals surface area contributed by atoms with Crippen LogP contribution in [0.15, 0.2) is 40.2 Å². The number of aromatic hydroxyl groups is 1. The molecule has 1 aromatic heterocycles. The first kappa shape index (κ1) is 15.1. The van der Waals surface area contributed by atoms with Gasteiger partial charge in [-0.1, -0.05) is 19.9 Å². The fourth-order valence-electron chi connectivity index (χ4n) is 1.81. The van der Waals surface area contributed by atoms with Gasteiger partial charge in [0.15, 0.2) is 0 Å². The Balaban J connectivity index is 2.03. The molecule has 20 heavy (non-hydrogen) atoms. The van der Waals surface area contributed by atoms with Gasteiger partial charge in [-0.05, 0) is 45.6 Å². The van der Waals surface area contributed by atoms with Gasteiger partial charge >= 0.3 is 0 Å². The summed E-state index contributed by atoms with van der Waals surface area (Å²) in [6, 6.07) is 8.88. The Bertz CT molecular complexity index is 608. The van der Waals surface area contributed by atoms with Gasteiger partial charge in [0, 0.05) is 22.4 Å². The van der Waals surface area contributed by atoms with Crippen LogP contribution >= 0.6 is 27.3 Å². The highest BCUT2D eigenvalue weighted by Crippen LogP contribution is 2.27. The van der Waals surface area contributed by atoms with Gasteiger partial charge in [-0.2, -0.15) is 0 Å². The maximum atomic E-state index is 12.1. The van der Waals surface area contributed by atoms with E-state index >= 15 is 0 Å². The van der Waals surface area contributed by atoms with Crippen LogP contribution in [0.25, 0.3) is 0 Å². The van der Waals surface area contributed by atoms with Gasteiger partial charge in [0.25, 0.3) is 5.91 Å². The highest BCUT2D eigenvalue weighted by atomic mass is 79.9. The summed E-state index contributed by atoms with van der Waals surface area (Å²) in [4.78, 5) is 13.3. The lowest BCUT2D eigenvalue weighted by molar-refractivity contribution is 0.0945. The van der Waals surface area contributed by atoms with E-state index < -0.39 is 0 Å². The van der Waals surface area contributed by atoms with Crippen LogP contribution in [0.3, 0.4) is 0 Å². The zero-order valence-electron chi connectivity index (χ0n) is 11.3. The van der Waals surface area contributed by atoms with Crippen LogP contribution in [0.2, 0.25) is 0 Å². The van der Waals surface area contributed by atoms with E-state index in [0.29, 0.717) is 16.6 Å². The lowest BCUT2D eigenvalue weighted by Gasteiger charge is -2.23. The Hall–Kier alpha value is -1.33. The van der Waals surface area contributed by atoms with Gasteiger partial charge in [-0.3, -0.25) is 4.79 Å². The van der Waals surface area contributed by atoms with Crippen molar-refractivity contribution in [3.8, 4) is 5.75 Å². The lowest BCUT2D eigenvalue weighted by atomic mass is 9.91. The molecule has 106 valence electrons. The van der Waals surface area contributed by atoms with E-state index in [0.717, 1.165) is 0 Å². The van der Waals surface area contributed by atoms with E-state index in [9.17, 15) is 9.90 Å². The Labute approximate surface area is 130 Å². The number of halogens is 1. The third-order valence-electron chi connectivity index (χ3n) is 3.09. The summed E-state index contributed by atoms with van der Waals surface area (Å²) in [5.74, 6) is -0.118. The van der Waals surface area contributed by atoms with E-state index in [-0.39, 0.29) is 17.1 Å². The van der Waals surface area contributed by atoms with E-state index in [1.165, 1.54) is 10.9 Å². The first-order valence-electron chi connectivity index (χ1n) is 6.21. The van der Waals surface area contributed by atoms with Crippen molar-refractivity contribution in [3.63, 3.8) is 0 Å². The normalized spacial score (nSPS) is 11.3. The Morgan fingerprint density at radius 2 is 2.15 bits per heavy atom. The molecule has 0 bridgehead atoms. The number of nitrogens with one attached hydrogen (secondary N) is 1. The SMILES string of the molecule is CC(C)(CNC(=O)c1ccc(Br)c(O)c1)c1cccs1. The van der Waals surface area contributed by atoms with E-state index in [1.54, 1.807) is 23.5 Å². The topological polar surface area (TPSA) is 49.3 Å². The molecule has 1 amide bonds. The van der Waals surface area contributed by atoms with Crippen molar-refractivity contribution >= 4 is 33.2 Å². The van der Waals surface area contributed by atoms with Crippen LogP contribution in [0.1, 0.15) is 29.1 Å². The zero-order chi connectivity index (χ0) is 14.8. The number of thiophene rings is 1. The number of hydrogen-bond donors (Lipinski definition) is 2. The van der Waals surface area contributed by atoms with Crippen molar-refractivity contribution in [3.05, 3.63) is 50.6 Å². The van der Waals surface area contributed by atoms with Crippen LogP contribution in [-0.4, -0.2) is 17.6 Å². The summed E-state index contributed by atoms with van der Waals surface area (Å²) in [6.45, 7) is 4.74. The van der Waals surface area contributed by atoms with Crippen LogP contribution in [0.5, 0.6) is 5.75 Å². The summed E-state index contributed by atoms with van der Waals surface area (Å²) in [6.07, 6.45) is 0. The van der Waals surface area contributed by atoms with Crippen molar-refractivity contribution in [2.45, 2.75) is 19.3 Å². The third-order valence-corrected chi connectivity index (χ3v) is 4.99. The molecule has 5 heteroatoms. The zero-order valence-corrected chi connectivity index (χ0v) is 13.7.